The number of ether oxygens (including phenoxy) is 1. The summed E-state index contributed by atoms with van der Waals surface area (Å²) in [5.74, 6) is 0. The minimum absolute atomic E-state index is 0.505. The number of nitrogens with one attached hydrogen (secondary N) is 1. The smallest absolute Gasteiger partial charge is 0.0718 e. The van der Waals surface area contributed by atoms with Gasteiger partial charge in [-0.05, 0) is 35.4 Å². The van der Waals surface area contributed by atoms with Crippen LogP contribution in [-0.2, 0) is 17.9 Å². The molecule has 22 heavy (non-hydrogen) atoms. The zero-order valence-electron chi connectivity index (χ0n) is 11.7. The van der Waals surface area contributed by atoms with Crippen molar-refractivity contribution in [1.82, 2.24) is 5.32 Å². The molecule has 0 aliphatic rings. The van der Waals surface area contributed by atoms with Gasteiger partial charge in [0.15, 0.2) is 0 Å². The summed E-state index contributed by atoms with van der Waals surface area (Å²) in [7, 11) is 0. The molecule has 2 rings (SSSR count). The fraction of sp³-hybridized carbons (Fsp3) is 0.250. The molecule has 118 valence electrons. The van der Waals surface area contributed by atoms with Crippen LogP contribution in [0, 0.1) is 0 Å². The Morgan fingerprint density at radius 3 is 2.00 bits per heavy atom. The summed E-state index contributed by atoms with van der Waals surface area (Å²) in [6, 6.07) is 11.1. The number of hydrogen-bond donors (Lipinski definition) is 1. The molecule has 2 aromatic rings. The molecule has 0 aliphatic carbocycles. The molecule has 0 saturated carbocycles. The Kier molecular flexibility index (Phi) is 7.29. The van der Waals surface area contributed by atoms with Crippen molar-refractivity contribution in [3.05, 3.63) is 67.6 Å². The summed E-state index contributed by atoms with van der Waals surface area (Å²) < 4.78 is 5.58. The maximum atomic E-state index is 5.96. The molecule has 0 atom stereocenters. The van der Waals surface area contributed by atoms with Crippen molar-refractivity contribution in [3.8, 4) is 0 Å². The van der Waals surface area contributed by atoms with E-state index in [2.05, 4.69) is 5.32 Å². The third-order valence-corrected chi connectivity index (χ3v) is 4.47. The van der Waals surface area contributed by atoms with E-state index >= 15 is 0 Å². The van der Waals surface area contributed by atoms with Gasteiger partial charge in [-0.25, -0.2) is 0 Å². The Morgan fingerprint density at radius 1 is 0.773 bits per heavy atom. The van der Waals surface area contributed by atoms with Gasteiger partial charge in [-0.15, -0.1) is 0 Å². The summed E-state index contributed by atoms with van der Waals surface area (Å²) in [4.78, 5) is 0. The first-order valence-corrected chi connectivity index (χ1v) is 8.24. The van der Waals surface area contributed by atoms with Gasteiger partial charge in [-0.3, -0.25) is 0 Å². The molecule has 0 aliphatic heterocycles. The average Bonchev–Trinajstić information content (AvgIpc) is 2.50. The number of benzene rings is 2. The van der Waals surface area contributed by atoms with E-state index in [0.29, 0.717) is 39.8 Å². The highest BCUT2D eigenvalue weighted by atomic mass is 35.5. The third-order valence-electron chi connectivity index (χ3n) is 2.99. The van der Waals surface area contributed by atoms with Crippen molar-refractivity contribution < 1.29 is 4.74 Å². The van der Waals surface area contributed by atoms with Gasteiger partial charge in [-0.2, -0.15) is 0 Å². The van der Waals surface area contributed by atoms with E-state index in [-0.39, 0.29) is 0 Å². The number of hydrogen-bond acceptors (Lipinski definition) is 2. The van der Waals surface area contributed by atoms with Gasteiger partial charge in [0.2, 0.25) is 0 Å². The van der Waals surface area contributed by atoms with Gasteiger partial charge in [0, 0.05) is 13.1 Å². The molecule has 0 fully saturated rings. The molecule has 0 saturated heterocycles. The van der Waals surface area contributed by atoms with Crippen LogP contribution in [0.2, 0.25) is 20.1 Å². The SMILES string of the molecule is Clc1ccc(CNCCOCc2ccc(Cl)c(Cl)c2)cc1Cl. The number of halogens is 4. The topological polar surface area (TPSA) is 21.3 Å². The van der Waals surface area contributed by atoms with Crippen LogP contribution in [0.3, 0.4) is 0 Å². The Balaban J connectivity index is 1.65. The van der Waals surface area contributed by atoms with Crippen LogP contribution >= 0.6 is 46.4 Å². The van der Waals surface area contributed by atoms with Crippen LogP contribution < -0.4 is 5.32 Å². The molecule has 0 radical (unpaired) electrons. The standard InChI is InChI=1S/C16H15Cl4NO/c17-13-3-1-11(7-15(13)19)9-21-5-6-22-10-12-2-4-14(18)16(20)8-12/h1-4,7-8,21H,5-6,9-10H2. The molecule has 0 bridgehead atoms. The second-order valence-electron chi connectivity index (χ2n) is 4.73. The molecule has 0 amide bonds. The Bertz CT molecular complexity index is 578. The lowest BCUT2D eigenvalue weighted by molar-refractivity contribution is 0.122. The fourth-order valence-electron chi connectivity index (χ4n) is 1.85. The molecule has 0 spiro atoms. The van der Waals surface area contributed by atoms with Gasteiger partial charge < -0.3 is 10.1 Å². The normalized spacial score (nSPS) is 10.9. The first-order chi connectivity index (χ1) is 10.6. The highest BCUT2D eigenvalue weighted by Crippen LogP contribution is 2.23. The van der Waals surface area contributed by atoms with Gasteiger partial charge in [0.05, 0.1) is 33.3 Å². The molecule has 2 aromatic carbocycles. The summed E-state index contributed by atoms with van der Waals surface area (Å²) in [6.07, 6.45) is 0. The van der Waals surface area contributed by atoms with E-state index in [4.69, 9.17) is 51.1 Å². The fourth-order valence-corrected chi connectivity index (χ4v) is 2.49. The van der Waals surface area contributed by atoms with Gasteiger partial charge in [0.1, 0.15) is 0 Å². The molecular weight excluding hydrogens is 364 g/mol. The molecule has 2 nitrogen and oxygen atoms in total. The van der Waals surface area contributed by atoms with E-state index in [1.54, 1.807) is 12.1 Å². The summed E-state index contributed by atoms with van der Waals surface area (Å²) in [6.45, 7) is 2.56. The zero-order valence-corrected chi connectivity index (χ0v) is 14.7. The largest absolute Gasteiger partial charge is 0.375 e. The van der Waals surface area contributed by atoms with Gasteiger partial charge in [-0.1, -0.05) is 58.5 Å². The predicted octanol–water partition coefficient (Wildman–Crippen LogP) is 5.61. The molecule has 1 N–H and O–H groups in total. The second kappa shape index (κ2) is 8.97. The lowest BCUT2D eigenvalue weighted by Crippen LogP contribution is -2.19. The van der Waals surface area contributed by atoms with E-state index in [0.717, 1.165) is 17.7 Å². The Labute approximate surface area is 150 Å². The predicted molar refractivity (Wildman–Crippen MR) is 94.3 cm³/mol. The van der Waals surface area contributed by atoms with Crippen molar-refractivity contribution in [2.75, 3.05) is 13.2 Å². The second-order valence-corrected chi connectivity index (χ2v) is 6.36. The van der Waals surface area contributed by atoms with E-state index in [1.807, 2.05) is 24.3 Å². The number of rotatable bonds is 7. The quantitative estimate of drug-likeness (QED) is 0.632. The highest BCUT2D eigenvalue weighted by molar-refractivity contribution is 6.42. The molecule has 0 aromatic heterocycles. The van der Waals surface area contributed by atoms with Crippen molar-refractivity contribution in [1.29, 1.82) is 0 Å². The van der Waals surface area contributed by atoms with Crippen molar-refractivity contribution in [2.45, 2.75) is 13.2 Å². The molecule has 0 unspecified atom stereocenters. The van der Waals surface area contributed by atoms with Crippen molar-refractivity contribution in [3.63, 3.8) is 0 Å². The van der Waals surface area contributed by atoms with Gasteiger partial charge in [0.25, 0.3) is 0 Å². The van der Waals surface area contributed by atoms with Gasteiger partial charge >= 0.3 is 0 Å². The average molecular weight is 379 g/mol. The molecule has 6 heteroatoms. The minimum Gasteiger partial charge on any atom is -0.375 e. The van der Waals surface area contributed by atoms with Crippen molar-refractivity contribution in [2.24, 2.45) is 0 Å². The Morgan fingerprint density at radius 2 is 1.36 bits per heavy atom. The van der Waals surface area contributed by atoms with Crippen LogP contribution in [0.5, 0.6) is 0 Å². The van der Waals surface area contributed by atoms with E-state index in [9.17, 15) is 0 Å². The first-order valence-electron chi connectivity index (χ1n) is 6.72. The lowest BCUT2D eigenvalue weighted by Gasteiger charge is -2.08. The minimum atomic E-state index is 0.505. The summed E-state index contributed by atoms with van der Waals surface area (Å²) in [5, 5.41) is 5.50. The Hall–Kier alpha value is -0.480. The maximum absolute atomic E-state index is 5.96. The van der Waals surface area contributed by atoms with Crippen LogP contribution in [0.4, 0.5) is 0 Å². The van der Waals surface area contributed by atoms with Crippen LogP contribution in [0.15, 0.2) is 36.4 Å². The maximum Gasteiger partial charge on any atom is 0.0718 e. The van der Waals surface area contributed by atoms with Crippen molar-refractivity contribution >= 4 is 46.4 Å². The lowest BCUT2D eigenvalue weighted by atomic mass is 10.2. The third kappa shape index (κ3) is 5.62. The van der Waals surface area contributed by atoms with E-state index < -0.39 is 0 Å². The van der Waals surface area contributed by atoms with E-state index in [1.165, 1.54) is 0 Å². The monoisotopic (exact) mass is 377 g/mol. The summed E-state index contributed by atoms with van der Waals surface area (Å²) in [5.41, 5.74) is 2.08. The summed E-state index contributed by atoms with van der Waals surface area (Å²) >= 11 is 23.6. The van der Waals surface area contributed by atoms with Crippen LogP contribution in [0.1, 0.15) is 11.1 Å². The zero-order chi connectivity index (χ0) is 15.9. The van der Waals surface area contributed by atoms with Crippen LogP contribution in [0.25, 0.3) is 0 Å². The first kappa shape index (κ1) is 17.9. The molecular formula is C16H15Cl4NO. The molecule has 0 heterocycles. The highest BCUT2D eigenvalue weighted by Gasteiger charge is 2.01. The van der Waals surface area contributed by atoms with Crippen LogP contribution in [-0.4, -0.2) is 13.2 Å².